The van der Waals surface area contributed by atoms with Gasteiger partial charge in [-0.15, -0.1) is 0 Å². The average Bonchev–Trinajstić information content (AvgIpc) is 1.95. The highest BCUT2D eigenvalue weighted by atomic mass is 79.9. The summed E-state index contributed by atoms with van der Waals surface area (Å²) in [7, 11) is 0. The van der Waals surface area contributed by atoms with Gasteiger partial charge in [0.15, 0.2) is 0 Å². The molecule has 50 valence electrons. The van der Waals surface area contributed by atoms with E-state index in [4.69, 9.17) is 5.26 Å². The Bertz CT molecular complexity index is 247. The smallest absolute Gasteiger partial charge is 0.0774 e. The summed E-state index contributed by atoms with van der Waals surface area (Å²) in [5, 5.41) is 8.29. The number of halogens is 1. The number of rotatable bonds is 1. The van der Waals surface area contributed by atoms with E-state index in [-0.39, 0.29) is 0 Å². The summed E-state index contributed by atoms with van der Waals surface area (Å²) in [6, 6.07) is 5.73. The van der Waals surface area contributed by atoms with E-state index >= 15 is 0 Å². The van der Waals surface area contributed by atoms with Crippen molar-refractivity contribution in [3.05, 3.63) is 28.5 Å². The monoisotopic (exact) mass is 196 g/mol. The van der Waals surface area contributed by atoms with Crippen LogP contribution in [0.4, 0.5) is 0 Å². The Labute approximate surface area is 67.6 Å². The zero-order valence-corrected chi connectivity index (χ0v) is 6.80. The van der Waals surface area contributed by atoms with Crippen LogP contribution in [0.25, 0.3) is 0 Å². The molecule has 1 rings (SSSR count). The minimum Gasteiger partial charge on any atom is -0.259 e. The number of nitrogens with zero attached hydrogens (tertiary/aromatic N) is 2. The number of aromatic nitrogens is 1. The lowest BCUT2D eigenvalue weighted by atomic mass is 10.3. The molecule has 0 aromatic carbocycles. The van der Waals surface area contributed by atoms with Crippen LogP contribution in [-0.2, 0) is 6.42 Å². The third-order valence-electron chi connectivity index (χ3n) is 1.05. The SMILES string of the molecule is N#CCc1ccc(Br)cn1. The molecule has 10 heavy (non-hydrogen) atoms. The van der Waals surface area contributed by atoms with Gasteiger partial charge in [0.1, 0.15) is 0 Å². The van der Waals surface area contributed by atoms with Gasteiger partial charge in [0.2, 0.25) is 0 Å². The van der Waals surface area contributed by atoms with Crippen molar-refractivity contribution >= 4 is 15.9 Å². The number of pyridine rings is 1. The molecule has 1 heterocycles. The molecule has 0 amide bonds. The van der Waals surface area contributed by atoms with Gasteiger partial charge in [-0.1, -0.05) is 0 Å². The highest BCUT2D eigenvalue weighted by Crippen LogP contribution is 2.06. The van der Waals surface area contributed by atoms with Crippen molar-refractivity contribution in [3.8, 4) is 6.07 Å². The van der Waals surface area contributed by atoms with Crippen LogP contribution >= 0.6 is 15.9 Å². The zero-order chi connectivity index (χ0) is 7.40. The molecule has 3 heteroatoms. The molecule has 0 aliphatic heterocycles. The normalized spacial score (nSPS) is 8.80. The second kappa shape index (κ2) is 3.33. The van der Waals surface area contributed by atoms with Crippen LogP contribution in [0.1, 0.15) is 5.69 Å². The van der Waals surface area contributed by atoms with E-state index in [1.165, 1.54) is 0 Å². The van der Waals surface area contributed by atoms with Gasteiger partial charge >= 0.3 is 0 Å². The zero-order valence-electron chi connectivity index (χ0n) is 5.21. The maximum absolute atomic E-state index is 8.29. The third kappa shape index (κ3) is 1.82. The van der Waals surface area contributed by atoms with E-state index < -0.39 is 0 Å². The van der Waals surface area contributed by atoms with Crippen molar-refractivity contribution in [2.24, 2.45) is 0 Å². The molecule has 0 unspecified atom stereocenters. The van der Waals surface area contributed by atoms with E-state index in [2.05, 4.69) is 20.9 Å². The van der Waals surface area contributed by atoms with Gasteiger partial charge in [-0.3, -0.25) is 4.98 Å². The first-order chi connectivity index (χ1) is 4.83. The first-order valence-corrected chi connectivity index (χ1v) is 3.59. The van der Waals surface area contributed by atoms with Crippen molar-refractivity contribution < 1.29 is 0 Å². The molecule has 0 saturated carbocycles. The highest BCUT2D eigenvalue weighted by Gasteiger charge is 1.90. The van der Waals surface area contributed by atoms with Crippen molar-refractivity contribution in [1.29, 1.82) is 5.26 Å². The van der Waals surface area contributed by atoms with Gasteiger partial charge in [-0.05, 0) is 28.1 Å². The summed E-state index contributed by atoms with van der Waals surface area (Å²) < 4.78 is 0.939. The predicted molar refractivity (Wildman–Crippen MR) is 41.3 cm³/mol. The van der Waals surface area contributed by atoms with Gasteiger partial charge in [0, 0.05) is 10.7 Å². The molecule has 0 bridgehead atoms. The molecule has 2 nitrogen and oxygen atoms in total. The van der Waals surface area contributed by atoms with Crippen LogP contribution in [0.3, 0.4) is 0 Å². The van der Waals surface area contributed by atoms with Gasteiger partial charge in [0.05, 0.1) is 18.2 Å². The quantitative estimate of drug-likeness (QED) is 0.689. The van der Waals surface area contributed by atoms with E-state index in [9.17, 15) is 0 Å². The van der Waals surface area contributed by atoms with Crippen molar-refractivity contribution in [2.45, 2.75) is 6.42 Å². The van der Waals surface area contributed by atoms with Gasteiger partial charge in [-0.25, -0.2) is 0 Å². The lowest BCUT2D eigenvalue weighted by molar-refractivity contribution is 1.11. The molecule has 0 radical (unpaired) electrons. The summed E-state index contributed by atoms with van der Waals surface area (Å²) in [4.78, 5) is 4.00. The van der Waals surface area contributed by atoms with Gasteiger partial charge in [-0.2, -0.15) is 5.26 Å². The average molecular weight is 197 g/mol. The maximum atomic E-state index is 8.29. The molecular formula is C7H5BrN2. The molecule has 0 N–H and O–H groups in total. The maximum Gasteiger partial charge on any atom is 0.0774 e. The van der Waals surface area contributed by atoms with Gasteiger partial charge in [0.25, 0.3) is 0 Å². The van der Waals surface area contributed by atoms with Crippen LogP contribution in [-0.4, -0.2) is 4.98 Å². The standard InChI is InChI=1S/C7H5BrN2/c8-6-1-2-7(3-4-9)10-5-6/h1-2,5H,3H2. The molecule has 0 aliphatic carbocycles. The van der Waals surface area contributed by atoms with Crippen LogP contribution in [0.2, 0.25) is 0 Å². The third-order valence-corrected chi connectivity index (χ3v) is 1.52. The Kier molecular flexibility index (Phi) is 2.41. The van der Waals surface area contributed by atoms with Crippen LogP contribution in [0.5, 0.6) is 0 Å². The van der Waals surface area contributed by atoms with Crippen molar-refractivity contribution in [2.75, 3.05) is 0 Å². The summed E-state index contributed by atoms with van der Waals surface area (Å²) in [5.41, 5.74) is 0.811. The lowest BCUT2D eigenvalue weighted by Gasteiger charge is -1.91. The fourth-order valence-electron chi connectivity index (χ4n) is 0.592. The minimum absolute atomic E-state index is 0.382. The van der Waals surface area contributed by atoms with Gasteiger partial charge < -0.3 is 0 Å². The minimum atomic E-state index is 0.382. The topological polar surface area (TPSA) is 36.7 Å². The van der Waals surface area contributed by atoms with E-state index in [0.29, 0.717) is 6.42 Å². The fraction of sp³-hybridized carbons (Fsp3) is 0.143. The predicted octanol–water partition coefficient (Wildman–Crippen LogP) is 1.91. The molecule has 1 aromatic rings. The molecule has 0 spiro atoms. The van der Waals surface area contributed by atoms with E-state index in [1.54, 1.807) is 6.20 Å². The number of nitriles is 1. The Morgan fingerprint density at radius 2 is 2.40 bits per heavy atom. The first kappa shape index (κ1) is 7.23. The fourth-order valence-corrected chi connectivity index (χ4v) is 0.827. The van der Waals surface area contributed by atoms with Crippen LogP contribution < -0.4 is 0 Å². The van der Waals surface area contributed by atoms with Crippen molar-refractivity contribution in [1.82, 2.24) is 4.98 Å². The summed E-state index contributed by atoms with van der Waals surface area (Å²) >= 11 is 3.25. The van der Waals surface area contributed by atoms with E-state index in [1.807, 2.05) is 18.2 Å². The molecule has 0 aliphatic rings. The molecule has 1 aromatic heterocycles. The Balaban J connectivity index is 2.81. The molecule has 0 fully saturated rings. The Hall–Kier alpha value is -0.880. The lowest BCUT2D eigenvalue weighted by Crippen LogP contribution is -1.84. The molecule has 0 saturated heterocycles. The highest BCUT2D eigenvalue weighted by molar-refractivity contribution is 9.10. The summed E-state index contributed by atoms with van der Waals surface area (Å²) in [5.74, 6) is 0. The number of hydrogen-bond donors (Lipinski definition) is 0. The first-order valence-electron chi connectivity index (χ1n) is 2.80. The second-order valence-corrected chi connectivity index (χ2v) is 2.72. The second-order valence-electron chi connectivity index (χ2n) is 1.80. The Morgan fingerprint density at radius 3 is 2.90 bits per heavy atom. The van der Waals surface area contributed by atoms with Crippen molar-refractivity contribution in [3.63, 3.8) is 0 Å². The summed E-state index contributed by atoms with van der Waals surface area (Å²) in [6.07, 6.45) is 2.07. The molecule has 0 atom stereocenters. The van der Waals surface area contributed by atoms with Crippen LogP contribution in [0.15, 0.2) is 22.8 Å². The van der Waals surface area contributed by atoms with Crippen LogP contribution in [0, 0.1) is 11.3 Å². The summed E-state index contributed by atoms with van der Waals surface area (Å²) in [6.45, 7) is 0. The largest absolute Gasteiger partial charge is 0.259 e. The van der Waals surface area contributed by atoms with E-state index in [0.717, 1.165) is 10.2 Å². The number of hydrogen-bond acceptors (Lipinski definition) is 2. The molecular weight excluding hydrogens is 192 g/mol. The Morgan fingerprint density at radius 1 is 1.60 bits per heavy atom.